The van der Waals surface area contributed by atoms with Crippen LogP contribution in [0.5, 0.6) is 0 Å². The van der Waals surface area contributed by atoms with Crippen LogP contribution in [0.2, 0.25) is 0 Å². The fourth-order valence-electron chi connectivity index (χ4n) is 3.14. The average Bonchev–Trinajstić information content (AvgIpc) is 2.76. The fourth-order valence-corrected chi connectivity index (χ4v) is 3.14. The number of nitrogen functional groups attached to an aromatic ring is 1. The average molecular weight is 299 g/mol. The van der Waals surface area contributed by atoms with Gasteiger partial charge in [-0.15, -0.1) is 0 Å². The lowest BCUT2D eigenvalue weighted by Gasteiger charge is -2.23. The van der Waals surface area contributed by atoms with Gasteiger partial charge in [-0.1, -0.05) is 13.8 Å². The molecule has 5 nitrogen and oxygen atoms in total. The third-order valence-electron chi connectivity index (χ3n) is 4.12. The number of hydrogen-bond donors (Lipinski definition) is 2. The Morgan fingerprint density at radius 3 is 3.00 bits per heavy atom. The van der Waals surface area contributed by atoms with Gasteiger partial charge < -0.3 is 15.5 Å². The summed E-state index contributed by atoms with van der Waals surface area (Å²) < 4.78 is 5.21. The summed E-state index contributed by atoms with van der Waals surface area (Å²) in [5, 5.41) is 1.06. The van der Waals surface area contributed by atoms with Gasteiger partial charge in [-0.3, -0.25) is 9.79 Å². The van der Waals surface area contributed by atoms with Gasteiger partial charge in [0, 0.05) is 40.5 Å². The Balaban J connectivity index is 2.26. The lowest BCUT2D eigenvalue weighted by atomic mass is 9.81. The number of anilines is 1. The number of esters is 1. The van der Waals surface area contributed by atoms with E-state index in [0.717, 1.165) is 22.2 Å². The monoisotopic (exact) mass is 299 g/mol. The van der Waals surface area contributed by atoms with Crippen LogP contribution in [0.4, 0.5) is 5.69 Å². The van der Waals surface area contributed by atoms with Crippen LogP contribution in [0.25, 0.3) is 10.9 Å². The van der Waals surface area contributed by atoms with Crippen molar-refractivity contribution in [2.24, 2.45) is 4.99 Å². The van der Waals surface area contributed by atoms with Crippen molar-refractivity contribution < 1.29 is 9.53 Å². The number of rotatable bonds is 2. The molecule has 3 N–H and O–H groups in total. The third-order valence-corrected chi connectivity index (χ3v) is 4.12. The minimum Gasteiger partial charge on any atom is -0.465 e. The molecule has 22 heavy (non-hydrogen) atoms. The number of aliphatic imine (C=N–C) groups is 1. The maximum atomic E-state index is 12.3. The predicted octanol–water partition coefficient (Wildman–Crippen LogP) is 2.76. The quantitative estimate of drug-likeness (QED) is 0.661. The van der Waals surface area contributed by atoms with Gasteiger partial charge in [0.25, 0.3) is 0 Å². The minimum absolute atomic E-state index is 0.181. The second-order valence-corrected chi connectivity index (χ2v) is 6.32. The first-order chi connectivity index (χ1) is 10.4. The summed E-state index contributed by atoms with van der Waals surface area (Å²) in [5.41, 5.74) is 9.43. The van der Waals surface area contributed by atoms with E-state index in [9.17, 15) is 4.79 Å². The summed E-state index contributed by atoms with van der Waals surface area (Å²) in [7, 11) is 0. The van der Waals surface area contributed by atoms with E-state index in [2.05, 4.69) is 23.8 Å². The maximum Gasteiger partial charge on any atom is 0.320 e. The highest BCUT2D eigenvalue weighted by molar-refractivity contribution is 6.00. The maximum absolute atomic E-state index is 12.3. The molecule has 1 aromatic carbocycles. The summed E-state index contributed by atoms with van der Waals surface area (Å²) in [5.74, 6) is -0.768. The van der Waals surface area contributed by atoms with E-state index in [-0.39, 0.29) is 11.4 Å². The third kappa shape index (κ3) is 2.26. The van der Waals surface area contributed by atoms with Crippen LogP contribution in [-0.2, 0) is 14.9 Å². The van der Waals surface area contributed by atoms with Gasteiger partial charge in [-0.05, 0) is 30.7 Å². The standard InChI is InChI=1S/C17H21N3O2/c1-4-22-16(21)12-8-19-9-17(2,3)14-11-7-10(18)5-6-13(11)20-15(12)14/h5-8,12,20H,4,9,18H2,1-3H3. The van der Waals surface area contributed by atoms with Crippen molar-refractivity contribution in [1.29, 1.82) is 0 Å². The van der Waals surface area contributed by atoms with Gasteiger partial charge >= 0.3 is 5.97 Å². The number of nitrogens with two attached hydrogens (primary N) is 1. The lowest BCUT2D eigenvalue weighted by Crippen LogP contribution is -2.23. The van der Waals surface area contributed by atoms with Gasteiger partial charge in [-0.25, -0.2) is 0 Å². The number of nitrogens with one attached hydrogen (secondary N) is 1. The van der Waals surface area contributed by atoms with E-state index in [1.165, 1.54) is 0 Å². The molecule has 0 fully saturated rings. The van der Waals surface area contributed by atoms with Crippen molar-refractivity contribution in [3.8, 4) is 0 Å². The molecule has 0 radical (unpaired) electrons. The number of H-pyrrole nitrogens is 1. The molecule has 0 aliphatic carbocycles. The zero-order valence-corrected chi connectivity index (χ0v) is 13.1. The number of hydrogen-bond acceptors (Lipinski definition) is 4. The molecule has 1 aliphatic rings. The molecule has 0 saturated carbocycles. The van der Waals surface area contributed by atoms with Gasteiger partial charge in [0.1, 0.15) is 5.92 Å². The van der Waals surface area contributed by atoms with Gasteiger partial charge in [0.2, 0.25) is 0 Å². The normalized spacial score (nSPS) is 19.7. The summed E-state index contributed by atoms with van der Waals surface area (Å²) in [6.07, 6.45) is 1.70. The first-order valence-corrected chi connectivity index (χ1v) is 7.52. The van der Waals surface area contributed by atoms with E-state index in [1.54, 1.807) is 6.21 Å². The molecule has 2 aromatic rings. The molecule has 0 spiro atoms. The number of nitrogens with zero attached hydrogens (tertiary/aromatic N) is 1. The zero-order valence-electron chi connectivity index (χ0n) is 13.1. The zero-order chi connectivity index (χ0) is 15.9. The predicted molar refractivity (Wildman–Crippen MR) is 88.5 cm³/mol. The van der Waals surface area contributed by atoms with E-state index in [0.29, 0.717) is 18.8 Å². The summed E-state index contributed by atoms with van der Waals surface area (Å²) in [6, 6.07) is 5.77. The molecule has 116 valence electrons. The Morgan fingerprint density at radius 2 is 2.27 bits per heavy atom. The van der Waals surface area contributed by atoms with Crippen LogP contribution >= 0.6 is 0 Å². The first kappa shape index (κ1) is 14.6. The number of aromatic nitrogens is 1. The van der Waals surface area contributed by atoms with Gasteiger partial charge in [0.05, 0.1) is 6.61 Å². The Bertz CT molecular complexity index is 759. The van der Waals surface area contributed by atoms with Crippen LogP contribution in [0, 0.1) is 0 Å². The molecular weight excluding hydrogens is 278 g/mol. The number of ether oxygens (including phenoxy) is 1. The van der Waals surface area contributed by atoms with Crippen LogP contribution in [0.3, 0.4) is 0 Å². The summed E-state index contributed by atoms with van der Waals surface area (Å²) >= 11 is 0. The number of carbonyl (C=O) groups excluding carboxylic acids is 1. The molecule has 0 saturated heterocycles. The van der Waals surface area contributed by atoms with Crippen LogP contribution < -0.4 is 5.73 Å². The topological polar surface area (TPSA) is 80.5 Å². The Kier molecular flexibility index (Phi) is 3.43. The second-order valence-electron chi connectivity index (χ2n) is 6.32. The van der Waals surface area contributed by atoms with Crippen LogP contribution in [-0.4, -0.2) is 30.3 Å². The molecule has 1 unspecified atom stereocenters. The van der Waals surface area contributed by atoms with Crippen molar-refractivity contribution in [1.82, 2.24) is 4.98 Å². The molecular formula is C17H21N3O2. The molecule has 2 heterocycles. The number of benzene rings is 1. The molecule has 0 amide bonds. The Morgan fingerprint density at radius 1 is 1.50 bits per heavy atom. The number of aromatic amines is 1. The SMILES string of the molecule is CCOC(=O)C1C=NCC(C)(C)c2c1[nH]c1ccc(N)cc21. The highest BCUT2D eigenvalue weighted by Gasteiger charge is 2.35. The van der Waals surface area contributed by atoms with Gasteiger partial charge in [-0.2, -0.15) is 0 Å². The highest BCUT2D eigenvalue weighted by atomic mass is 16.5. The second kappa shape index (κ2) is 5.16. The highest BCUT2D eigenvalue weighted by Crippen LogP contribution is 2.39. The Hall–Kier alpha value is -2.30. The van der Waals surface area contributed by atoms with Crippen molar-refractivity contribution in [2.75, 3.05) is 18.9 Å². The molecule has 1 aliphatic heterocycles. The number of fused-ring (bicyclic) bond motifs is 3. The number of carbonyl (C=O) groups is 1. The van der Waals surface area contributed by atoms with Crippen LogP contribution in [0.15, 0.2) is 23.2 Å². The summed E-state index contributed by atoms with van der Waals surface area (Å²) in [4.78, 5) is 20.1. The minimum atomic E-state index is -0.495. The smallest absolute Gasteiger partial charge is 0.320 e. The molecule has 1 atom stereocenters. The molecule has 5 heteroatoms. The fraction of sp³-hybridized carbons (Fsp3) is 0.412. The van der Waals surface area contributed by atoms with Crippen LogP contribution in [0.1, 0.15) is 37.9 Å². The largest absolute Gasteiger partial charge is 0.465 e. The van der Waals surface area contributed by atoms with E-state index >= 15 is 0 Å². The van der Waals surface area contributed by atoms with E-state index < -0.39 is 5.92 Å². The molecule has 1 aromatic heterocycles. The van der Waals surface area contributed by atoms with E-state index in [1.807, 2.05) is 25.1 Å². The van der Waals surface area contributed by atoms with Crippen molar-refractivity contribution in [3.63, 3.8) is 0 Å². The van der Waals surface area contributed by atoms with Crippen molar-refractivity contribution >= 4 is 28.8 Å². The van der Waals surface area contributed by atoms with Crippen molar-refractivity contribution in [2.45, 2.75) is 32.1 Å². The Labute approximate surface area is 129 Å². The molecule has 3 rings (SSSR count). The van der Waals surface area contributed by atoms with E-state index in [4.69, 9.17) is 10.5 Å². The van der Waals surface area contributed by atoms with Crippen molar-refractivity contribution in [3.05, 3.63) is 29.5 Å². The first-order valence-electron chi connectivity index (χ1n) is 7.52. The van der Waals surface area contributed by atoms with Gasteiger partial charge in [0.15, 0.2) is 0 Å². The lowest BCUT2D eigenvalue weighted by molar-refractivity contribution is -0.143. The molecule has 0 bridgehead atoms. The summed E-state index contributed by atoms with van der Waals surface area (Å²) in [6.45, 7) is 7.05.